The van der Waals surface area contributed by atoms with Gasteiger partial charge in [0, 0.05) is 12.8 Å². The molecule has 146 valence electrons. The largest absolute Gasteiger partial charge is 0.480 e. The number of hydrogen-bond donors (Lipinski definition) is 2. The number of hydrogen-bond acceptors (Lipinski definition) is 6. The quantitative estimate of drug-likeness (QED) is 0.744. The van der Waals surface area contributed by atoms with Crippen molar-refractivity contribution in [3.8, 4) is 0 Å². The van der Waals surface area contributed by atoms with E-state index in [0.29, 0.717) is 4.90 Å². The number of imide groups is 1. The molecule has 2 N–H and O–H groups in total. The predicted molar refractivity (Wildman–Crippen MR) is 86.9 cm³/mol. The summed E-state index contributed by atoms with van der Waals surface area (Å²) in [5.74, 6) is -1.55. The number of carbonyl (C=O) groups excluding carboxylic acids is 2. The van der Waals surface area contributed by atoms with Crippen LogP contribution in [0.5, 0.6) is 0 Å². The van der Waals surface area contributed by atoms with E-state index in [1.165, 1.54) is 0 Å². The van der Waals surface area contributed by atoms with Crippen molar-refractivity contribution in [2.45, 2.75) is 77.7 Å². The van der Waals surface area contributed by atoms with Crippen molar-refractivity contribution in [2.24, 2.45) is 0 Å². The molecule has 25 heavy (non-hydrogen) atoms. The lowest BCUT2D eigenvalue weighted by atomic mass is 10.1. The summed E-state index contributed by atoms with van der Waals surface area (Å²) in [6.45, 7) is 8.42. The lowest BCUT2D eigenvalue weighted by molar-refractivity contribution is -0.144. The van der Waals surface area contributed by atoms with Crippen LogP contribution in [0.2, 0.25) is 0 Å². The number of aliphatic hydroxyl groups is 1. The van der Waals surface area contributed by atoms with E-state index in [2.05, 4.69) is 0 Å². The van der Waals surface area contributed by atoms with E-state index in [1.807, 2.05) is 0 Å². The lowest BCUT2D eigenvalue weighted by Gasteiger charge is -2.32. The molecule has 0 aromatic rings. The molecule has 0 heterocycles. The fraction of sp³-hybridized carbons (Fsp3) is 0.812. The minimum atomic E-state index is -1.76. The van der Waals surface area contributed by atoms with Gasteiger partial charge in [-0.05, 0) is 41.5 Å². The number of aliphatic carboxylic acids is 1. The second kappa shape index (κ2) is 8.98. The average molecular weight is 365 g/mol. The molecule has 2 unspecified atom stereocenters. The number of carbonyl (C=O) groups is 3. The number of halogens is 1. The van der Waals surface area contributed by atoms with E-state index in [1.54, 1.807) is 41.5 Å². The number of carboxylic acid groups (broad SMARTS) is 1. The molecule has 9 heteroatoms. The third-order valence-electron chi connectivity index (χ3n) is 2.71. The molecule has 8 nitrogen and oxygen atoms in total. The van der Waals surface area contributed by atoms with Gasteiger partial charge < -0.3 is 19.7 Å². The van der Waals surface area contributed by atoms with Crippen LogP contribution in [0.3, 0.4) is 0 Å². The number of nitrogens with zero attached hydrogens (tertiary/aromatic N) is 1. The van der Waals surface area contributed by atoms with Crippen LogP contribution in [-0.2, 0) is 14.3 Å². The van der Waals surface area contributed by atoms with Crippen LogP contribution >= 0.6 is 0 Å². The van der Waals surface area contributed by atoms with Gasteiger partial charge >= 0.3 is 18.2 Å². The van der Waals surface area contributed by atoms with Crippen molar-refractivity contribution in [3.05, 3.63) is 0 Å². The Bertz CT molecular complexity index is 454. The molecule has 0 saturated carbocycles. The summed E-state index contributed by atoms with van der Waals surface area (Å²) in [4.78, 5) is 36.6. The molecule has 0 fully saturated rings. The van der Waals surface area contributed by atoms with Gasteiger partial charge in [0.2, 0.25) is 0 Å². The summed E-state index contributed by atoms with van der Waals surface area (Å²) in [6.07, 6.45) is -4.65. The normalized spacial score (nSPS) is 14.4. The van der Waals surface area contributed by atoms with E-state index < -0.39 is 54.6 Å². The first-order chi connectivity index (χ1) is 11.2. The van der Waals surface area contributed by atoms with E-state index in [0.717, 1.165) is 0 Å². The van der Waals surface area contributed by atoms with Crippen LogP contribution in [0, 0.1) is 0 Å². The van der Waals surface area contributed by atoms with Gasteiger partial charge in [0.1, 0.15) is 17.2 Å². The first-order valence-electron chi connectivity index (χ1n) is 7.90. The van der Waals surface area contributed by atoms with Crippen molar-refractivity contribution >= 4 is 18.2 Å². The standard InChI is InChI=1S/C16H28FNO7/c1-15(2,3)24-13(22)18(14(23)25-16(4,5)6)11(12(20)21)9-10(19)7-8-17/h10-11,19H,7-9H2,1-6H3,(H,20,21). The number of alkyl halides is 1. The summed E-state index contributed by atoms with van der Waals surface area (Å²) in [5.41, 5.74) is -1.98. The molecule has 0 aromatic heterocycles. The number of carboxylic acids is 1. The molecular formula is C16H28FNO7. The molecule has 0 spiro atoms. The van der Waals surface area contributed by atoms with Crippen molar-refractivity contribution in [2.75, 3.05) is 6.67 Å². The van der Waals surface area contributed by atoms with Gasteiger partial charge in [-0.3, -0.25) is 4.39 Å². The van der Waals surface area contributed by atoms with Crippen LogP contribution in [0.4, 0.5) is 14.0 Å². The minimum absolute atomic E-state index is 0.306. The maximum atomic E-state index is 12.4. The molecule has 0 rings (SSSR count). The summed E-state index contributed by atoms with van der Waals surface area (Å²) < 4.78 is 22.5. The monoisotopic (exact) mass is 365 g/mol. The predicted octanol–water partition coefficient (Wildman–Crippen LogP) is 2.72. The Morgan fingerprint density at radius 1 is 1.00 bits per heavy atom. The van der Waals surface area contributed by atoms with Gasteiger partial charge in [0.05, 0.1) is 12.8 Å². The van der Waals surface area contributed by atoms with Crippen molar-refractivity contribution in [1.29, 1.82) is 0 Å². The third-order valence-corrected chi connectivity index (χ3v) is 2.71. The van der Waals surface area contributed by atoms with Gasteiger partial charge in [-0.1, -0.05) is 0 Å². The molecule has 0 aliphatic rings. The Balaban J connectivity index is 5.67. The molecule has 0 aliphatic heterocycles. The Hall–Kier alpha value is -1.90. The van der Waals surface area contributed by atoms with Gasteiger partial charge in [-0.15, -0.1) is 0 Å². The highest BCUT2D eigenvalue weighted by Crippen LogP contribution is 2.20. The van der Waals surface area contributed by atoms with Crippen LogP contribution in [0.25, 0.3) is 0 Å². The maximum absolute atomic E-state index is 12.4. The van der Waals surface area contributed by atoms with Crippen LogP contribution in [0.15, 0.2) is 0 Å². The molecule has 0 radical (unpaired) electrons. The average Bonchev–Trinajstić information content (AvgIpc) is 2.33. The summed E-state index contributed by atoms with van der Waals surface area (Å²) in [7, 11) is 0. The number of aliphatic hydroxyl groups excluding tert-OH is 1. The molecule has 0 saturated heterocycles. The zero-order valence-electron chi connectivity index (χ0n) is 15.5. The maximum Gasteiger partial charge on any atom is 0.420 e. The van der Waals surface area contributed by atoms with Crippen molar-refractivity contribution < 1.29 is 38.5 Å². The van der Waals surface area contributed by atoms with Gasteiger partial charge in [-0.2, -0.15) is 4.90 Å². The van der Waals surface area contributed by atoms with Crippen molar-refractivity contribution in [1.82, 2.24) is 4.90 Å². The Morgan fingerprint density at radius 2 is 1.40 bits per heavy atom. The Labute approximate surface area is 146 Å². The zero-order chi connectivity index (χ0) is 20.0. The van der Waals surface area contributed by atoms with Crippen molar-refractivity contribution in [3.63, 3.8) is 0 Å². The molecular weight excluding hydrogens is 337 g/mol. The number of rotatable bonds is 6. The van der Waals surface area contributed by atoms with E-state index in [-0.39, 0.29) is 6.42 Å². The molecule has 0 aromatic carbocycles. The molecule has 2 amide bonds. The highest BCUT2D eigenvalue weighted by molar-refractivity contribution is 5.93. The van der Waals surface area contributed by atoms with E-state index in [4.69, 9.17) is 9.47 Å². The van der Waals surface area contributed by atoms with Gasteiger partial charge in [0.15, 0.2) is 0 Å². The number of ether oxygens (including phenoxy) is 2. The van der Waals surface area contributed by atoms with Gasteiger partial charge in [0.25, 0.3) is 0 Å². The van der Waals surface area contributed by atoms with Gasteiger partial charge in [-0.25, -0.2) is 14.4 Å². The Morgan fingerprint density at radius 3 is 1.68 bits per heavy atom. The fourth-order valence-electron chi connectivity index (χ4n) is 1.77. The smallest absolute Gasteiger partial charge is 0.420 e. The molecule has 2 atom stereocenters. The summed E-state index contributed by atoms with van der Waals surface area (Å²) in [5, 5.41) is 19.1. The van der Waals surface area contributed by atoms with Crippen LogP contribution in [-0.4, -0.2) is 63.3 Å². The second-order valence-electron chi connectivity index (χ2n) is 7.55. The second-order valence-corrected chi connectivity index (χ2v) is 7.55. The van der Waals surface area contributed by atoms with E-state index >= 15 is 0 Å². The minimum Gasteiger partial charge on any atom is -0.480 e. The SMILES string of the molecule is CC(C)(C)OC(=O)N(C(=O)OC(C)(C)C)C(CC(O)CCF)C(=O)O. The highest BCUT2D eigenvalue weighted by atomic mass is 19.1. The third kappa shape index (κ3) is 9.23. The first-order valence-corrected chi connectivity index (χ1v) is 7.90. The summed E-state index contributed by atoms with van der Waals surface area (Å²) >= 11 is 0. The topological polar surface area (TPSA) is 113 Å². The summed E-state index contributed by atoms with van der Waals surface area (Å²) in [6, 6.07) is -1.76. The lowest BCUT2D eigenvalue weighted by Crippen LogP contribution is -2.53. The Kier molecular flexibility index (Phi) is 8.30. The molecule has 0 aliphatic carbocycles. The van der Waals surface area contributed by atoms with E-state index in [9.17, 15) is 29.0 Å². The fourth-order valence-corrected chi connectivity index (χ4v) is 1.77. The number of amides is 2. The highest BCUT2D eigenvalue weighted by Gasteiger charge is 2.41. The zero-order valence-corrected chi connectivity index (χ0v) is 15.5. The van der Waals surface area contributed by atoms with Crippen LogP contribution < -0.4 is 0 Å². The molecule has 0 bridgehead atoms. The first kappa shape index (κ1) is 23.1. The van der Waals surface area contributed by atoms with Crippen LogP contribution in [0.1, 0.15) is 54.4 Å².